The lowest BCUT2D eigenvalue weighted by Crippen LogP contribution is -2.09. The van der Waals surface area contributed by atoms with E-state index in [0.717, 1.165) is 16.0 Å². The van der Waals surface area contributed by atoms with Gasteiger partial charge < -0.3 is 5.73 Å². The number of primary amides is 1. The molecule has 2 aromatic rings. The third-order valence-electron chi connectivity index (χ3n) is 2.08. The highest BCUT2D eigenvalue weighted by Gasteiger charge is 2.15. The molecule has 0 aliphatic heterocycles. The Bertz CT molecular complexity index is 605. The Morgan fingerprint density at radius 2 is 2.25 bits per heavy atom. The predicted molar refractivity (Wildman–Crippen MR) is 59.5 cm³/mol. The minimum absolute atomic E-state index is 0.0358. The molecule has 0 bridgehead atoms. The summed E-state index contributed by atoms with van der Waals surface area (Å²) in [5.74, 6) is -0.622. The van der Waals surface area contributed by atoms with E-state index in [1.165, 1.54) is 12.1 Å². The van der Waals surface area contributed by atoms with Gasteiger partial charge in [0.15, 0.2) is 5.01 Å². The molecule has 16 heavy (non-hydrogen) atoms. The standard InChI is InChI=1S/C9H7N3O3S/c1-4-2-5(12(14)15)3-6-7(4)16-9(11-6)8(10)13/h2-3H,1H3,(H2,10,13). The van der Waals surface area contributed by atoms with Crippen molar-refractivity contribution in [2.75, 3.05) is 0 Å². The maximum Gasteiger partial charge on any atom is 0.277 e. The number of carbonyl (C=O) groups excluding carboxylic acids is 1. The number of carbonyl (C=O) groups is 1. The van der Waals surface area contributed by atoms with Gasteiger partial charge >= 0.3 is 0 Å². The van der Waals surface area contributed by atoms with E-state index in [0.29, 0.717) is 11.1 Å². The number of nitro benzene ring substituents is 1. The quantitative estimate of drug-likeness (QED) is 0.633. The first-order chi connectivity index (χ1) is 7.49. The van der Waals surface area contributed by atoms with Gasteiger partial charge in [0.1, 0.15) is 0 Å². The van der Waals surface area contributed by atoms with Crippen LogP contribution in [0.3, 0.4) is 0 Å². The monoisotopic (exact) mass is 237 g/mol. The summed E-state index contributed by atoms with van der Waals surface area (Å²) in [5, 5.41) is 10.8. The zero-order valence-electron chi connectivity index (χ0n) is 8.26. The fourth-order valence-electron chi connectivity index (χ4n) is 1.39. The van der Waals surface area contributed by atoms with Gasteiger partial charge in [-0.1, -0.05) is 0 Å². The lowest BCUT2D eigenvalue weighted by Gasteiger charge is -1.94. The highest BCUT2D eigenvalue weighted by atomic mass is 32.1. The molecule has 7 heteroatoms. The van der Waals surface area contributed by atoms with Gasteiger partial charge in [-0.3, -0.25) is 14.9 Å². The molecule has 0 radical (unpaired) electrons. The first-order valence-electron chi connectivity index (χ1n) is 4.34. The summed E-state index contributed by atoms with van der Waals surface area (Å²) < 4.78 is 0.749. The number of nitrogens with two attached hydrogens (primary N) is 1. The second-order valence-electron chi connectivity index (χ2n) is 3.25. The van der Waals surface area contributed by atoms with Gasteiger partial charge in [-0.05, 0) is 12.5 Å². The second-order valence-corrected chi connectivity index (χ2v) is 4.25. The molecule has 0 fully saturated rings. The van der Waals surface area contributed by atoms with Gasteiger partial charge in [0, 0.05) is 12.1 Å². The van der Waals surface area contributed by atoms with Crippen molar-refractivity contribution < 1.29 is 9.72 Å². The highest BCUT2D eigenvalue weighted by molar-refractivity contribution is 7.20. The number of amides is 1. The van der Waals surface area contributed by atoms with Crippen LogP contribution in [0.2, 0.25) is 0 Å². The number of nitrogens with zero attached hydrogens (tertiary/aromatic N) is 2. The van der Waals surface area contributed by atoms with Crippen molar-refractivity contribution in [3.63, 3.8) is 0 Å². The fourth-order valence-corrected chi connectivity index (χ4v) is 2.26. The van der Waals surface area contributed by atoms with E-state index in [2.05, 4.69) is 4.98 Å². The first-order valence-corrected chi connectivity index (χ1v) is 5.16. The molecule has 1 aromatic heterocycles. The topological polar surface area (TPSA) is 99.1 Å². The average molecular weight is 237 g/mol. The Hall–Kier alpha value is -2.02. The largest absolute Gasteiger partial charge is 0.364 e. The van der Waals surface area contributed by atoms with E-state index >= 15 is 0 Å². The lowest BCUT2D eigenvalue weighted by molar-refractivity contribution is -0.384. The Morgan fingerprint density at radius 3 is 2.81 bits per heavy atom. The third kappa shape index (κ3) is 1.61. The molecule has 82 valence electrons. The maximum atomic E-state index is 10.9. The molecule has 0 spiro atoms. The molecule has 2 N–H and O–H groups in total. The number of rotatable bonds is 2. The van der Waals surface area contributed by atoms with Crippen molar-refractivity contribution in [1.82, 2.24) is 4.98 Å². The second kappa shape index (κ2) is 3.53. The number of fused-ring (bicyclic) bond motifs is 1. The third-order valence-corrected chi connectivity index (χ3v) is 3.30. The Morgan fingerprint density at radius 1 is 1.56 bits per heavy atom. The van der Waals surface area contributed by atoms with Crippen molar-refractivity contribution >= 4 is 33.1 Å². The number of hydrogen-bond acceptors (Lipinski definition) is 5. The molecule has 6 nitrogen and oxygen atoms in total. The molecule has 0 saturated heterocycles. The van der Waals surface area contributed by atoms with Gasteiger partial charge in [-0.15, -0.1) is 11.3 Å². The van der Waals surface area contributed by atoms with Crippen LogP contribution < -0.4 is 5.73 Å². The molecule has 1 aromatic carbocycles. The summed E-state index contributed by atoms with van der Waals surface area (Å²) in [4.78, 5) is 25.0. The smallest absolute Gasteiger partial charge is 0.277 e. The summed E-state index contributed by atoms with van der Waals surface area (Å²) in [6.07, 6.45) is 0. The van der Waals surface area contributed by atoms with Crippen LogP contribution >= 0.6 is 11.3 Å². The number of hydrogen-bond donors (Lipinski definition) is 1. The molecule has 0 unspecified atom stereocenters. The van der Waals surface area contributed by atoms with Crippen molar-refractivity contribution in [2.45, 2.75) is 6.92 Å². The summed E-state index contributed by atoms with van der Waals surface area (Å²) >= 11 is 1.14. The zero-order valence-corrected chi connectivity index (χ0v) is 9.08. The van der Waals surface area contributed by atoms with E-state index in [1.807, 2.05) is 0 Å². The number of aromatic nitrogens is 1. The van der Waals surface area contributed by atoms with Gasteiger partial charge in [0.2, 0.25) is 0 Å². The van der Waals surface area contributed by atoms with Gasteiger partial charge in [-0.2, -0.15) is 0 Å². The lowest BCUT2D eigenvalue weighted by atomic mass is 10.2. The Labute approximate surface area is 93.9 Å². The van der Waals surface area contributed by atoms with Crippen LogP contribution in [0.15, 0.2) is 12.1 Å². The fraction of sp³-hybridized carbons (Fsp3) is 0.111. The Kier molecular flexibility index (Phi) is 2.31. The average Bonchev–Trinajstić information content (AvgIpc) is 2.61. The van der Waals surface area contributed by atoms with Crippen molar-refractivity contribution in [1.29, 1.82) is 0 Å². The van der Waals surface area contributed by atoms with Crippen LogP contribution in [-0.2, 0) is 0 Å². The number of thiazole rings is 1. The SMILES string of the molecule is Cc1cc([N+](=O)[O-])cc2nc(C(N)=O)sc12. The molecule has 0 saturated carbocycles. The number of nitro groups is 1. The normalized spacial score (nSPS) is 10.6. The number of non-ortho nitro benzene ring substituents is 1. The summed E-state index contributed by atoms with van der Waals surface area (Å²) in [6, 6.07) is 2.79. The summed E-state index contributed by atoms with van der Waals surface area (Å²) in [6.45, 7) is 1.73. The minimum Gasteiger partial charge on any atom is -0.364 e. The molecular formula is C9H7N3O3S. The van der Waals surface area contributed by atoms with Crippen LogP contribution in [0.25, 0.3) is 10.2 Å². The summed E-state index contributed by atoms with van der Waals surface area (Å²) in [7, 11) is 0. The van der Waals surface area contributed by atoms with E-state index in [-0.39, 0.29) is 10.7 Å². The van der Waals surface area contributed by atoms with Crippen LogP contribution in [0, 0.1) is 17.0 Å². The zero-order chi connectivity index (χ0) is 11.9. The molecular weight excluding hydrogens is 230 g/mol. The minimum atomic E-state index is -0.622. The predicted octanol–water partition coefficient (Wildman–Crippen LogP) is 1.61. The van der Waals surface area contributed by atoms with Gasteiger partial charge in [0.05, 0.1) is 15.1 Å². The molecule has 1 heterocycles. The van der Waals surface area contributed by atoms with Crippen LogP contribution in [0.1, 0.15) is 15.4 Å². The van der Waals surface area contributed by atoms with Gasteiger partial charge in [0.25, 0.3) is 11.6 Å². The van der Waals surface area contributed by atoms with E-state index in [1.54, 1.807) is 6.92 Å². The molecule has 0 atom stereocenters. The van der Waals surface area contributed by atoms with Crippen LogP contribution in [0.4, 0.5) is 5.69 Å². The molecule has 2 rings (SSSR count). The van der Waals surface area contributed by atoms with Crippen LogP contribution in [-0.4, -0.2) is 15.8 Å². The molecule has 0 aliphatic carbocycles. The Balaban J connectivity index is 2.72. The molecule has 1 amide bonds. The maximum absolute atomic E-state index is 10.9. The van der Waals surface area contributed by atoms with Crippen LogP contribution in [0.5, 0.6) is 0 Å². The summed E-state index contributed by atoms with van der Waals surface area (Å²) in [5.41, 5.74) is 6.22. The van der Waals surface area contributed by atoms with Crippen molar-refractivity contribution in [3.05, 3.63) is 32.8 Å². The number of benzene rings is 1. The van der Waals surface area contributed by atoms with E-state index in [9.17, 15) is 14.9 Å². The van der Waals surface area contributed by atoms with E-state index in [4.69, 9.17) is 5.73 Å². The first kappa shape index (κ1) is 10.5. The van der Waals surface area contributed by atoms with Crippen molar-refractivity contribution in [2.24, 2.45) is 5.73 Å². The van der Waals surface area contributed by atoms with Gasteiger partial charge in [-0.25, -0.2) is 4.98 Å². The number of aryl methyl sites for hydroxylation is 1. The highest BCUT2D eigenvalue weighted by Crippen LogP contribution is 2.29. The van der Waals surface area contributed by atoms with E-state index < -0.39 is 10.8 Å². The van der Waals surface area contributed by atoms with Crippen molar-refractivity contribution in [3.8, 4) is 0 Å². The molecule has 0 aliphatic rings.